The minimum Gasteiger partial charge on any atom is -0.497 e. The van der Waals surface area contributed by atoms with E-state index >= 15 is 0 Å². The topological polar surface area (TPSA) is 84.5 Å². The van der Waals surface area contributed by atoms with Crippen molar-refractivity contribution in [3.63, 3.8) is 0 Å². The van der Waals surface area contributed by atoms with Crippen LogP contribution in [0.2, 0.25) is 0 Å². The molecule has 0 bridgehead atoms. The van der Waals surface area contributed by atoms with Crippen LogP contribution in [0.25, 0.3) is 0 Å². The van der Waals surface area contributed by atoms with Crippen molar-refractivity contribution in [2.75, 3.05) is 19.0 Å². The highest BCUT2D eigenvalue weighted by Gasteiger charge is 2.10. The molecule has 7 heteroatoms. The van der Waals surface area contributed by atoms with Crippen LogP contribution in [-0.4, -0.2) is 31.3 Å². The Balaban J connectivity index is 1.68. The number of Topliss-reactive ketones (excluding diaryl/α,β-unsaturated/α-hetero) is 1. The van der Waals surface area contributed by atoms with E-state index in [4.69, 9.17) is 4.74 Å². The van der Waals surface area contributed by atoms with Gasteiger partial charge >= 0.3 is 0 Å². The van der Waals surface area contributed by atoms with Crippen LogP contribution < -0.4 is 15.4 Å². The Kier molecular flexibility index (Phi) is 8.19. The third-order valence-electron chi connectivity index (χ3n) is 4.13. The van der Waals surface area contributed by atoms with Gasteiger partial charge in [-0.15, -0.1) is 0 Å². The Labute approximate surface area is 172 Å². The highest BCUT2D eigenvalue weighted by atomic mass is 79.9. The fourth-order valence-electron chi connectivity index (χ4n) is 2.53. The first-order valence-corrected chi connectivity index (χ1v) is 9.68. The quantitative estimate of drug-likeness (QED) is 0.572. The molecular weight excluding hydrogens is 424 g/mol. The first kappa shape index (κ1) is 21.6. The van der Waals surface area contributed by atoms with Crippen molar-refractivity contribution in [1.82, 2.24) is 5.32 Å². The molecule has 2 N–H and O–H groups in total. The van der Waals surface area contributed by atoms with Gasteiger partial charge < -0.3 is 15.4 Å². The molecule has 0 unspecified atom stereocenters. The Morgan fingerprint density at radius 1 is 0.964 bits per heavy atom. The molecule has 2 aromatic rings. The molecule has 6 nitrogen and oxygen atoms in total. The average molecular weight is 447 g/mol. The van der Waals surface area contributed by atoms with Crippen LogP contribution in [0.5, 0.6) is 5.75 Å². The summed E-state index contributed by atoms with van der Waals surface area (Å²) in [6, 6.07) is 12.3. The van der Waals surface area contributed by atoms with Crippen molar-refractivity contribution in [1.29, 1.82) is 0 Å². The lowest BCUT2D eigenvalue weighted by Gasteiger charge is -2.09. The molecule has 0 aliphatic rings. The number of nitrogens with one attached hydrogen (secondary N) is 2. The predicted molar refractivity (Wildman–Crippen MR) is 112 cm³/mol. The van der Waals surface area contributed by atoms with E-state index in [0.717, 1.165) is 15.7 Å². The van der Waals surface area contributed by atoms with E-state index in [0.29, 0.717) is 11.3 Å². The van der Waals surface area contributed by atoms with Crippen LogP contribution in [-0.2, 0) is 9.59 Å². The first-order chi connectivity index (χ1) is 13.4. The zero-order chi connectivity index (χ0) is 20.5. The molecule has 2 rings (SSSR count). The van der Waals surface area contributed by atoms with Gasteiger partial charge in [0, 0.05) is 41.5 Å². The molecule has 0 aromatic heterocycles. The lowest BCUT2D eigenvalue weighted by Crippen LogP contribution is -2.28. The molecular formula is C21H23BrN2O4. The van der Waals surface area contributed by atoms with Gasteiger partial charge in [0.1, 0.15) is 5.75 Å². The third-order valence-corrected chi connectivity index (χ3v) is 4.62. The van der Waals surface area contributed by atoms with Gasteiger partial charge in [0.25, 0.3) is 0 Å². The minimum absolute atomic E-state index is 0.0816. The van der Waals surface area contributed by atoms with Gasteiger partial charge in [0.05, 0.1) is 7.11 Å². The summed E-state index contributed by atoms with van der Waals surface area (Å²) in [5, 5.41) is 5.49. The molecule has 0 radical (unpaired) electrons. The van der Waals surface area contributed by atoms with E-state index in [1.54, 1.807) is 31.4 Å². The fraction of sp³-hybridized carbons (Fsp3) is 0.286. The SMILES string of the molecule is COc1ccc(C(=O)CCC(=O)NCCC(=O)Nc2ccc(Br)cc2C)cc1. The molecule has 2 aromatic carbocycles. The van der Waals surface area contributed by atoms with Crippen LogP contribution in [0.15, 0.2) is 46.9 Å². The zero-order valence-corrected chi connectivity index (χ0v) is 17.5. The van der Waals surface area contributed by atoms with E-state index in [1.807, 2.05) is 25.1 Å². The molecule has 0 spiro atoms. The van der Waals surface area contributed by atoms with Crippen molar-refractivity contribution in [2.24, 2.45) is 0 Å². The Hall–Kier alpha value is -2.67. The molecule has 28 heavy (non-hydrogen) atoms. The van der Waals surface area contributed by atoms with Gasteiger partial charge in [-0.2, -0.15) is 0 Å². The number of methoxy groups -OCH3 is 1. The smallest absolute Gasteiger partial charge is 0.226 e. The summed E-state index contributed by atoms with van der Waals surface area (Å²) in [4.78, 5) is 36.0. The summed E-state index contributed by atoms with van der Waals surface area (Å²) in [5.74, 6) is 0.127. The molecule has 0 aliphatic heterocycles. The monoisotopic (exact) mass is 446 g/mol. The second kappa shape index (κ2) is 10.6. The number of carbonyl (C=O) groups excluding carboxylic acids is 3. The maximum Gasteiger partial charge on any atom is 0.226 e. The molecule has 0 atom stereocenters. The molecule has 0 saturated carbocycles. The van der Waals surface area contributed by atoms with Crippen molar-refractivity contribution < 1.29 is 19.1 Å². The highest BCUT2D eigenvalue weighted by molar-refractivity contribution is 9.10. The van der Waals surface area contributed by atoms with E-state index in [-0.39, 0.29) is 43.4 Å². The lowest BCUT2D eigenvalue weighted by molar-refractivity contribution is -0.121. The summed E-state index contributed by atoms with van der Waals surface area (Å²) in [6.07, 6.45) is 0.356. The summed E-state index contributed by atoms with van der Waals surface area (Å²) < 4.78 is 5.99. The van der Waals surface area contributed by atoms with Crippen molar-refractivity contribution in [2.45, 2.75) is 26.2 Å². The number of ketones is 1. The zero-order valence-electron chi connectivity index (χ0n) is 15.9. The Morgan fingerprint density at radius 2 is 1.68 bits per heavy atom. The number of aryl methyl sites for hydroxylation is 1. The summed E-state index contributed by atoms with van der Waals surface area (Å²) in [6.45, 7) is 2.12. The van der Waals surface area contributed by atoms with Gasteiger partial charge in [0.15, 0.2) is 5.78 Å². The number of ether oxygens (including phenoxy) is 1. The second-order valence-corrected chi connectivity index (χ2v) is 7.17. The summed E-state index contributed by atoms with van der Waals surface area (Å²) in [7, 11) is 1.56. The molecule has 148 valence electrons. The van der Waals surface area contributed by atoms with Crippen LogP contribution in [0, 0.1) is 6.92 Å². The van der Waals surface area contributed by atoms with Crippen LogP contribution in [0.4, 0.5) is 5.69 Å². The number of carbonyl (C=O) groups is 3. The lowest BCUT2D eigenvalue weighted by atomic mass is 10.1. The van der Waals surface area contributed by atoms with E-state index < -0.39 is 0 Å². The first-order valence-electron chi connectivity index (χ1n) is 8.89. The number of amides is 2. The Bertz CT molecular complexity index is 850. The number of anilines is 1. The largest absolute Gasteiger partial charge is 0.497 e. The van der Waals surface area contributed by atoms with Gasteiger partial charge in [0.2, 0.25) is 11.8 Å². The van der Waals surface area contributed by atoms with Gasteiger partial charge in [-0.3, -0.25) is 14.4 Å². The van der Waals surface area contributed by atoms with E-state index in [9.17, 15) is 14.4 Å². The molecule has 2 amide bonds. The molecule has 0 aliphatic carbocycles. The fourth-order valence-corrected chi connectivity index (χ4v) is 3.01. The number of hydrogen-bond acceptors (Lipinski definition) is 4. The number of halogens is 1. The van der Waals surface area contributed by atoms with Crippen molar-refractivity contribution >= 4 is 39.2 Å². The van der Waals surface area contributed by atoms with Gasteiger partial charge in [-0.05, 0) is 55.0 Å². The maximum atomic E-state index is 12.1. The van der Waals surface area contributed by atoms with Crippen LogP contribution >= 0.6 is 15.9 Å². The van der Waals surface area contributed by atoms with Gasteiger partial charge in [-0.1, -0.05) is 15.9 Å². The highest BCUT2D eigenvalue weighted by Crippen LogP contribution is 2.20. The number of benzene rings is 2. The maximum absolute atomic E-state index is 12.1. The minimum atomic E-state index is -0.255. The molecule has 0 fully saturated rings. The third kappa shape index (κ3) is 6.81. The Morgan fingerprint density at radius 3 is 2.32 bits per heavy atom. The van der Waals surface area contributed by atoms with E-state index in [1.165, 1.54) is 0 Å². The van der Waals surface area contributed by atoms with Crippen molar-refractivity contribution in [3.8, 4) is 5.75 Å². The van der Waals surface area contributed by atoms with Crippen molar-refractivity contribution in [3.05, 3.63) is 58.1 Å². The number of rotatable bonds is 9. The average Bonchev–Trinajstić information content (AvgIpc) is 2.68. The predicted octanol–water partition coefficient (Wildman–Crippen LogP) is 3.87. The normalized spacial score (nSPS) is 10.2. The summed E-state index contributed by atoms with van der Waals surface area (Å²) >= 11 is 3.38. The standard InChI is InChI=1S/C21H23BrN2O4/c1-14-13-16(22)5-8-18(14)24-21(27)11-12-23-20(26)10-9-19(25)15-3-6-17(28-2)7-4-15/h3-8,13H,9-12H2,1-2H3,(H,23,26)(H,24,27). The van der Waals surface area contributed by atoms with Gasteiger partial charge in [-0.25, -0.2) is 0 Å². The van der Waals surface area contributed by atoms with Crippen LogP contribution in [0.3, 0.4) is 0 Å². The molecule has 0 saturated heterocycles. The van der Waals surface area contributed by atoms with E-state index in [2.05, 4.69) is 26.6 Å². The molecule has 0 heterocycles. The number of hydrogen-bond donors (Lipinski definition) is 2. The van der Waals surface area contributed by atoms with Crippen LogP contribution in [0.1, 0.15) is 35.2 Å². The second-order valence-electron chi connectivity index (χ2n) is 6.26. The summed E-state index contributed by atoms with van der Waals surface area (Å²) in [5.41, 5.74) is 2.23.